The molecule has 3 rings (SSSR count). The normalized spacial score (nSPS) is 14.6. The third kappa shape index (κ3) is 2.78. The summed E-state index contributed by atoms with van der Waals surface area (Å²) in [5.74, 6) is 0.621. The Morgan fingerprint density at radius 2 is 2.18 bits per heavy atom. The van der Waals surface area contributed by atoms with E-state index < -0.39 is 0 Å². The van der Waals surface area contributed by atoms with Gasteiger partial charge in [0, 0.05) is 16.8 Å². The van der Waals surface area contributed by atoms with Crippen LogP contribution in [0.5, 0.6) is 0 Å². The van der Waals surface area contributed by atoms with Gasteiger partial charge in [-0.3, -0.25) is 0 Å². The number of benzene rings is 1. The molecular formula is C20H23NO. The average molecular weight is 293 g/mol. The van der Waals surface area contributed by atoms with E-state index in [1.807, 2.05) is 6.08 Å². The summed E-state index contributed by atoms with van der Waals surface area (Å²) in [6.45, 7) is 4.49. The molecule has 2 aromatic rings. The van der Waals surface area contributed by atoms with Crippen molar-refractivity contribution in [1.29, 1.82) is 5.41 Å². The molecule has 2 heteroatoms. The van der Waals surface area contributed by atoms with Crippen LogP contribution >= 0.6 is 0 Å². The summed E-state index contributed by atoms with van der Waals surface area (Å²) in [7, 11) is 0. The van der Waals surface area contributed by atoms with Crippen LogP contribution in [0.1, 0.15) is 38.7 Å². The molecular weight excluding hydrogens is 270 g/mol. The Balaban J connectivity index is 2.20. The van der Waals surface area contributed by atoms with E-state index in [0.717, 1.165) is 36.7 Å². The van der Waals surface area contributed by atoms with E-state index in [4.69, 9.17) is 9.83 Å². The summed E-state index contributed by atoms with van der Waals surface area (Å²) in [5.41, 5.74) is 4.78. The predicted molar refractivity (Wildman–Crippen MR) is 93.7 cm³/mol. The summed E-state index contributed by atoms with van der Waals surface area (Å²) < 4.78 is 6.31. The van der Waals surface area contributed by atoms with E-state index in [9.17, 15) is 0 Å². The van der Waals surface area contributed by atoms with Gasteiger partial charge in [-0.25, -0.2) is 0 Å². The smallest absolute Gasteiger partial charge is 0.138 e. The average Bonchev–Trinajstić information content (AvgIpc) is 2.88. The van der Waals surface area contributed by atoms with Crippen molar-refractivity contribution >= 4 is 28.8 Å². The molecule has 1 aliphatic carbocycles. The first-order chi connectivity index (χ1) is 10.7. The molecule has 0 aliphatic heterocycles. The van der Waals surface area contributed by atoms with Crippen molar-refractivity contribution < 1.29 is 4.42 Å². The Kier molecular flexibility index (Phi) is 4.28. The summed E-state index contributed by atoms with van der Waals surface area (Å²) in [6.07, 6.45) is 11.5. The molecule has 0 fully saturated rings. The van der Waals surface area contributed by atoms with Crippen molar-refractivity contribution in [2.75, 3.05) is 0 Å². The first-order valence-electron chi connectivity index (χ1n) is 8.09. The number of rotatable bonds is 5. The Hall–Kier alpha value is -2.09. The van der Waals surface area contributed by atoms with Gasteiger partial charge in [-0.1, -0.05) is 44.2 Å². The fourth-order valence-corrected chi connectivity index (χ4v) is 3.24. The molecule has 0 atom stereocenters. The Morgan fingerprint density at radius 3 is 2.95 bits per heavy atom. The van der Waals surface area contributed by atoms with Crippen LogP contribution in [0.3, 0.4) is 0 Å². The highest BCUT2D eigenvalue weighted by atomic mass is 16.3. The number of fused-ring (bicyclic) bond motifs is 3. The van der Waals surface area contributed by atoms with Crippen molar-refractivity contribution in [2.24, 2.45) is 5.92 Å². The van der Waals surface area contributed by atoms with Crippen molar-refractivity contribution in [3.05, 3.63) is 46.5 Å². The van der Waals surface area contributed by atoms with Crippen LogP contribution in [0, 0.1) is 11.3 Å². The first-order valence-corrected chi connectivity index (χ1v) is 8.09. The van der Waals surface area contributed by atoms with Gasteiger partial charge in [0.15, 0.2) is 0 Å². The highest BCUT2D eigenvalue weighted by Gasteiger charge is 2.13. The quantitative estimate of drug-likeness (QED) is 0.833. The monoisotopic (exact) mass is 293 g/mol. The Morgan fingerprint density at radius 1 is 1.32 bits per heavy atom. The minimum Gasteiger partial charge on any atom is -0.456 e. The number of para-hydroxylation sites is 1. The van der Waals surface area contributed by atoms with E-state index in [-0.39, 0.29) is 0 Å². The third-order valence-electron chi connectivity index (χ3n) is 4.18. The highest BCUT2D eigenvalue weighted by Crippen LogP contribution is 2.21. The van der Waals surface area contributed by atoms with Gasteiger partial charge in [-0.15, -0.1) is 0 Å². The lowest BCUT2D eigenvalue weighted by atomic mass is 9.98. The van der Waals surface area contributed by atoms with E-state index >= 15 is 0 Å². The van der Waals surface area contributed by atoms with Gasteiger partial charge in [0.05, 0.1) is 0 Å². The fraction of sp³-hybridized carbons (Fsp3) is 0.350. The second kappa shape index (κ2) is 6.35. The number of hydrogen-bond acceptors (Lipinski definition) is 2. The van der Waals surface area contributed by atoms with Crippen LogP contribution in [-0.4, -0.2) is 6.21 Å². The van der Waals surface area contributed by atoms with Crippen LogP contribution in [0.4, 0.5) is 0 Å². The van der Waals surface area contributed by atoms with Crippen molar-refractivity contribution in [2.45, 2.75) is 39.5 Å². The molecule has 22 heavy (non-hydrogen) atoms. The molecule has 0 saturated carbocycles. The second-order valence-corrected chi connectivity index (χ2v) is 6.38. The van der Waals surface area contributed by atoms with Gasteiger partial charge in [-0.05, 0) is 48.8 Å². The minimum absolute atomic E-state index is 0.621. The molecule has 0 amide bonds. The lowest BCUT2D eigenvalue weighted by Gasteiger charge is -2.04. The molecule has 0 unspecified atom stereocenters. The van der Waals surface area contributed by atoms with Gasteiger partial charge in [0.1, 0.15) is 11.0 Å². The fourth-order valence-electron chi connectivity index (χ4n) is 3.24. The molecule has 0 spiro atoms. The predicted octanol–water partition coefficient (Wildman–Crippen LogP) is 3.95. The highest BCUT2D eigenvalue weighted by molar-refractivity contribution is 5.83. The van der Waals surface area contributed by atoms with Gasteiger partial charge in [0.2, 0.25) is 0 Å². The molecule has 1 N–H and O–H groups in total. The maximum atomic E-state index is 7.10. The van der Waals surface area contributed by atoms with E-state index in [1.54, 1.807) is 6.08 Å². The molecule has 1 aromatic carbocycles. The second-order valence-electron chi connectivity index (χ2n) is 6.38. The SMILES string of the molecule is CC(C)Cc1cccc2c3c(oc12)=C(C/C=C\C=N)CCC=3. The van der Waals surface area contributed by atoms with Crippen LogP contribution < -0.4 is 10.6 Å². The molecule has 114 valence electrons. The summed E-state index contributed by atoms with van der Waals surface area (Å²) >= 11 is 0. The number of allylic oxidation sites excluding steroid dienone is 2. The minimum atomic E-state index is 0.621. The van der Waals surface area contributed by atoms with Gasteiger partial charge in [0.25, 0.3) is 0 Å². The zero-order valence-electron chi connectivity index (χ0n) is 13.4. The maximum Gasteiger partial charge on any atom is 0.138 e. The van der Waals surface area contributed by atoms with E-state index in [0.29, 0.717) is 5.92 Å². The third-order valence-corrected chi connectivity index (χ3v) is 4.18. The molecule has 0 saturated heterocycles. The van der Waals surface area contributed by atoms with Crippen LogP contribution in [0.2, 0.25) is 0 Å². The molecule has 1 aliphatic rings. The lowest BCUT2D eigenvalue weighted by Crippen LogP contribution is -2.25. The Bertz CT molecular complexity index is 836. The van der Waals surface area contributed by atoms with Crippen LogP contribution in [-0.2, 0) is 6.42 Å². The lowest BCUT2D eigenvalue weighted by molar-refractivity contribution is 0.555. The molecule has 1 heterocycles. The van der Waals surface area contributed by atoms with Crippen molar-refractivity contribution in [3.8, 4) is 0 Å². The van der Waals surface area contributed by atoms with Gasteiger partial charge in [-0.2, -0.15) is 0 Å². The molecule has 0 bridgehead atoms. The van der Waals surface area contributed by atoms with Crippen LogP contribution in [0.25, 0.3) is 22.6 Å². The van der Waals surface area contributed by atoms with Gasteiger partial charge >= 0.3 is 0 Å². The summed E-state index contributed by atoms with van der Waals surface area (Å²) in [5, 5.41) is 9.62. The van der Waals surface area contributed by atoms with E-state index in [1.165, 1.54) is 28.0 Å². The van der Waals surface area contributed by atoms with Crippen molar-refractivity contribution in [3.63, 3.8) is 0 Å². The largest absolute Gasteiger partial charge is 0.456 e. The number of hydrogen-bond donors (Lipinski definition) is 1. The van der Waals surface area contributed by atoms with Gasteiger partial charge < -0.3 is 9.83 Å². The zero-order chi connectivity index (χ0) is 15.5. The summed E-state index contributed by atoms with van der Waals surface area (Å²) in [6, 6.07) is 6.51. The molecule has 2 nitrogen and oxygen atoms in total. The Labute approximate surface area is 131 Å². The number of nitrogens with one attached hydrogen (secondary N) is 1. The van der Waals surface area contributed by atoms with Crippen LogP contribution in [0.15, 0.2) is 34.8 Å². The van der Waals surface area contributed by atoms with E-state index in [2.05, 4.69) is 38.1 Å². The zero-order valence-corrected chi connectivity index (χ0v) is 13.4. The first kappa shape index (κ1) is 14.8. The van der Waals surface area contributed by atoms with Crippen molar-refractivity contribution in [1.82, 2.24) is 0 Å². The summed E-state index contributed by atoms with van der Waals surface area (Å²) in [4.78, 5) is 0. The number of furan rings is 1. The maximum absolute atomic E-state index is 7.10. The molecule has 1 aromatic heterocycles. The standard InChI is InChI=1S/C20H23NO/c1-14(2)13-16-9-6-11-18-17-10-5-8-15(7-3-4-12-21)19(17)22-20(16)18/h3-4,6,9-12,14,21H,5,7-8,13H2,1-2H3/b4-3-,21-12?. The topological polar surface area (TPSA) is 37.0 Å². The molecule has 0 radical (unpaired) electrons.